The fraction of sp³-hybridized carbons (Fsp3) is 1.00. The maximum atomic E-state index is 10.8. The second kappa shape index (κ2) is 30.4. The van der Waals surface area contributed by atoms with E-state index in [0.717, 1.165) is 12.8 Å². The molecular weight excluding hydrogens is 578 g/mol. The van der Waals surface area contributed by atoms with Crippen LogP contribution in [0.4, 0.5) is 0 Å². The van der Waals surface area contributed by atoms with Crippen molar-refractivity contribution in [2.75, 3.05) is 10.6 Å². The smallest absolute Gasteiger partial charge is 0.324 e. The third kappa shape index (κ3) is 34.9. The van der Waals surface area contributed by atoms with Crippen LogP contribution in [0.2, 0.25) is 0 Å². The maximum absolute atomic E-state index is 10.8. The molecule has 3 nitrogen and oxygen atoms in total. The Balaban J connectivity index is 3.04. The largest absolute Gasteiger partial charge is 0.325 e. The van der Waals surface area contributed by atoms with Crippen LogP contribution < -0.4 is 0 Å². The molecule has 0 heterocycles. The molecule has 0 amide bonds. The van der Waals surface area contributed by atoms with Crippen molar-refractivity contribution >= 4 is 30.2 Å². The minimum absolute atomic E-state index is 0.0619. The predicted molar refractivity (Wildman–Crippen MR) is 170 cm³/mol. The Morgan fingerprint density at radius 3 is 0.667 bits per heavy atom. The number of alkyl halides is 1. The summed E-state index contributed by atoms with van der Waals surface area (Å²) in [5.74, 6) is 0. The normalized spacial score (nSPS) is 12.0. The standard InChI is InChI=1S/C31H64IO3P/c32-30-28-26-24-22-20-18-16-14-12-10-8-6-4-2-1-3-5-7-9-11-13-15-17-19-21-23-25-27-29-31-36(33,34)35/h1-31H2,(H2,33,34,35). The molecule has 0 aliphatic heterocycles. The van der Waals surface area contributed by atoms with Crippen LogP contribution in [0.3, 0.4) is 0 Å². The van der Waals surface area contributed by atoms with Crippen LogP contribution >= 0.6 is 30.2 Å². The summed E-state index contributed by atoms with van der Waals surface area (Å²) in [6, 6.07) is 0. The Morgan fingerprint density at radius 1 is 0.333 bits per heavy atom. The van der Waals surface area contributed by atoms with Crippen molar-refractivity contribution in [1.82, 2.24) is 0 Å². The van der Waals surface area contributed by atoms with E-state index >= 15 is 0 Å². The second-order valence-corrected chi connectivity index (χ2v) is 14.2. The minimum Gasteiger partial charge on any atom is -0.324 e. The minimum atomic E-state index is -3.77. The molecule has 0 radical (unpaired) electrons. The van der Waals surface area contributed by atoms with Gasteiger partial charge in [-0.2, -0.15) is 0 Å². The molecule has 0 spiro atoms. The molecule has 0 saturated carbocycles. The number of unbranched alkanes of at least 4 members (excludes halogenated alkanes) is 28. The molecule has 0 unspecified atom stereocenters. The third-order valence-electron chi connectivity index (χ3n) is 7.58. The van der Waals surface area contributed by atoms with Crippen LogP contribution in [0.1, 0.15) is 186 Å². The number of hydrogen-bond donors (Lipinski definition) is 2. The van der Waals surface area contributed by atoms with Gasteiger partial charge >= 0.3 is 7.60 Å². The highest BCUT2D eigenvalue weighted by Crippen LogP contribution is 2.35. The highest BCUT2D eigenvalue weighted by molar-refractivity contribution is 14.1. The first-order valence-corrected chi connectivity index (χ1v) is 19.5. The van der Waals surface area contributed by atoms with Gasteiger partial charge in [0.15, 0.2) is 0 Å². The van der Waals surface area contributed by atoms with Crippen molar-refractivity contribution in [3.63, 3.8) is 0 Å². The lowest BCUT2D eigenvalue weighted by Crippen LogP contribution is -1.88. The Bertz CT molecular complexity index is 455. The van der Waals surface area contributed by atoms with Gasteiger partial charge in [-0.3, -0.25) is 4.57 Å². The molecule has 0 rings (SSSR count). The second-order valence-electron chi connectivity index (χ2n) is 11.3. The van der Waals surface area contributed by atoms with Crippen molar-refractivity contribution < 1.29 is 14.4 Å². The average Bonchev–Trinajstić information content (AvgIpc) is 2.84. The molecule has 0 aliphatic carbocycles. The van der Waals surface area contributed by atoms with Crippen LogP contribution in [0.5, 0.6) is 0 Å². The monoisotopic (exact) mass is 642 g/mol. The molecule has 0 bridgehead atoms. The molecule has 0 aromatic rings. The number of halogens is 1. The summed E-state index contributed by atoms with van der Waals surface area (Å²) >= 11 is 2.49. The highest BCUT2D eigenvalue weighted by Gasteiger charge is 2.10. The van der Waals surface area contributed by atoms with Gasteiger partial charge in [0.1, 0.15) is 0 Å². The zero-order valence-corrected chi connectivity index (χ0v) is 27.1. The third-order valence-corrected chi connectivity index (χ3v) is 9.24. The van der Waals surface area contributed by atoms with Crippen LogP contribution in [-0.4, -0.2) is 20.4 Å². The first kappa shape index (κ1) is 36.9. The van der Waals surface area contributed by atoms with Crippen molar-refractivity contribution in [2.45, 2.75) is 186 Å². The summed E-state index contributed by atoms with van der Waals surface area (Å²) in [4.78, 5) is 17.7. The Labute approximate surface area is 240 Å². The van der Waals surface area contributed by atoms with Crippen LogP contribution in [0, 0.1) is 0 Å². The zero-order chi connectivity index (χ0) is 26.4. The Kier molecular flexibility index (Phi) is 31.2. The molecule has 0 aliphatic rings. The SMILES string of the molecule is O=P(O)(O)CCCCCCCCCCCCCCCCCCCCCCCCCCCCCCCI. The van der Waals surface area contributed by atoms with E-state index in [4.69, 9.17) is 9.79 Å². The molecule has 0 atom stereocenters. The van der Waals surface area contributed by atoms with Crippen LogP contribution in [-0.2, 0) is 4.57 Å². The molecular formula is C31H64IO3P. The van der Waals surface area contributed by atoms with E-state index in [1.807, 2.05) is 0 Å². The summed E-state index contributed by atoms with van der Waals surface area (Å²) < 4.78 is 12.1. The van der Waals surface area contributed by atoms with Gasteiger partial charge in [0.2, 0.25) is 0 Å². The summed E-state index contributed by atoms with van der Waals surface area (Å²) in [5.41, 5.74) is 0. The fourth-order valence-electron chi connectivity index (χ4n) is 5.19. The van der Waals surface area contributed by atoms with Gasteiger partial charge in [-0.1, -0.05) is 196 Å². The molecule has 5 heteroatoms. The lowest BCUT2D eigenvalue weighted by atomic mass is 10.0. The first-order valence-electron chi connectivity index (χ1n) is 16.2. The molecule has 2 N–H and O–H groups in total. The van der Waals surface area contributed by atoms with Crippen molar-refractivity contribution in [1.29, 1.82) is 0 Å². The summed E-state index contributed by atoms with van der Waals surface area (Å²) in [5, 5.41) is 0. The molecule has 0 fully saturated rings. The summed E-state index contributed by atoms with van der Waals surface area (Å²) in [7, 11) is -3.77. The van der Waals surface area contributed by atoms with Gasteiger partial charge in [-0.05, 0) is 17.3 Å². The lowest BCUT2D eigenvalue weighted by molar-refractivity contribution is 0.370. The molecule has 0 saturated heterocycles. The molecule has 218 valence electrons. The van der Waals surface area contributed by atoms with E-state index < -0.39 is 7.60 Å². The van der Waals surface area contributed by atoms with Gasteiger partial charge in [-0.15, -0.1) is 0 Å². The lowest BCUT2D eigenvalue weighted by Gasteiger charge is -2.05. The summed E-state index contributed by atoms with van der Waals surface area (Å²) in [6.07, 6.45) is 39.9. The molecule has 0 aromatic carbocycles. The van der Waals surface area contributed by atoms with Gasteiger partial charge in [-0.25, -0.2) is 0 Å². The van der Waals surface area contributed by atoms with E-state index in [0.29, 0.717) is 6.42 Å². The predicted octanol–water partition coefficient (Wildman–Crippen LogP) is 11.9. The number of rotatable bonds is 31. The average molecular weight is 643 g/mol. The van der Waals surface area contributed by atoms with E-state index in [1.165, 1.54) is 171 Å². The van der Waals surface area contributed by atoms with E-state index in [-0.39, 0.29) is 6.16 Å². The first-order chi connectivity index (χ1) is 17.6. The highest BCUT2D eigenvalue weighted by atomic mass is 127. The molecule has 36 heavy (non-hydrogen) atoms. The van der Waals surface area contributed by atoms with Crippen molar-refractivity contribution in [3.8, 4) is 0 Å². The van der Waals surface area contributed by atoms with Crippen LogP contribution in [0.25, 0.3) is 0 Å². The summed E-state index contributed by atoms with van der Waals surface area (Å²) in [6.45, 7) is 0. The zero-order valence-electron chi connectivity index (χ0n) is 24.0. The van der Waals surface area contributed by atoms with Gasteiger partial charge in [0.25, 0.3) is 0 Å². The van der Waals surface area contributed by atoms with Gasteiger partial charge in [0, 0.05) is 6.16 Å². The fourth-order valence-corrected chi connectivity index (χ4v) is 6.36. The van der Waals surface area contributed by atoms with Crippen LogP contribution in [0.15, 0.2) is 0 Å². The van der Waals surface area contributed by atoms with Gasteiger partial charge in [0.05, 0.1) is 0 Å². The van der Waals surface area contributed by atoms with E-state index in [1.54, 1.807) is 0 Å². The quantitative estimate of drug-likeness (QED) is 0.0342. The van der Waals surface area contributed by atoms with Crippen molar-refractivity contribution in [2.24, 2.45) is 0 Å². The van der Waals surface area contributed by atoms with E-state index in [9.17, 15) is 4.57 Å². The molecule has 0 aromatic heterocycles. The number of hydrogen-bond acceptors (Lipinski definition) is 1. The topological polar surface area (TPSA) is 57.5 Å². The Morgan fingerprint density at radius 2 is 0.500 bits per heavy atom. The maximum Gasteiger partial charge on any atom is 0.325 e. The Hall–Kier alpha value is 0.880. The van der Waals surface area contributed by atoms with E-state index in [2.05, 4.69) is 22.6 Å². The van der Waals surface area contributed by atoms with Gasteiger partial charge < -0.3 is 9.79 Å². The van der Waals surface area contributed by atoms with Crippen molar-refractivity contribution in [3.05, 3.63) is 0 Å².